The highest BCUT2D eigenvalue weighted by Gasteiger charge is 2.18. The summed E-state index contributed by atoms with van der Waals surface area (Å²) in [5, 5.41) is 3.64. The van der Waals surface area contributed by atoms with Crippen LogP contribution in [0, 0.1) is 0 Å². The maximum atomic E-state index is 5.05. The van der Waals surface area contributed by atoms with Gasteiger partial charge in [0.05, 0.1) is 10.2 Å². The van der Waals surface area contributed by atoms with E-state index >= 15 is 0 Å². The summed E-state index contributed by atoms with van der Waals surface area (Å²) in [5.74, 6) is 0. The van der Waals surface area contributed by atoms with Gasteiger partial charge in [0.2, 0.25) is 0 Å². The third-order valence-corrected chi connectivity index (χ3v) is 13.4. The molecule has 0 bridgehead atoms. The summed E-state index contributed by atoms with van der Waals surface area (Å²) in [4.78, 5) is 7.44. The molecule has 0 spiro atoms. The van der Waals surface area contributed by atoms with Gasteiger partial charge >= 0.3 is 0 Å². The first-order valence-electron chi connectivity index (χ1n) is 19.9. The van der Waals surface area contributed by atoms with Gasteiger partial charge in [0.25, 0.3) is 0 Å². The summed E-state index contributed by atoms with van der Waals surface area (Å²) in [5.41, 5.74) is 15.1. The lowest BCUT2D eigenvalue weighted by Gasteiger charge is -2.27. The minimum Gasteiger partial charge on any atom is -0.310 e. The Morgan fingerprint density at radius 2 is 0.831 bits per heavy atom. The first-order valence-corrected chi connectivity index (χ1v) is 21.5. The molecular weight excluding hydrogens is 753 g/mol. The molecule has 2 aromatic heterocycles. The Morgan fingerprint density at radius 1 is 0.322 bits per heavy atom. The van der Waals surface area contributed by atoms with Crippen LogP contribution in [0.3, 0.4) is 0 Å². The van der Waals surface area contributed by atoms with Gasteiger partial charge in [-0.1, -0.05) is 164 Å². The maximum absolute atomic E-state index is 5.05. The number of aromatic nitrogens is 1. The van der Waals surface area contributed by atoms with E-state index in [9.17, 15) is 0 Å². The van der Waals surface area contributed by atoms with Crippen molar-refractivity contribution in [3.8, 4) is 55.1 Å². The topological polar surface area (TPSA) is 16.1 Å². The van der Waals surface area contributed by atoms with Gasteiger partial charge in [-0.2, -0.15) is 0 Å². The van der Waals surface area contributed by atoms with Crippen LogP contribution in [0.15, 0.2) is 218 Å². The van der Waals surface area contributed by atoms with E-state index in [0.717, 1.165) is 33.1 Å². The van der Waals surface area contributed by atoms with Gasteiger partial charge in [-0.15, -0.1) is 22.7 Å². The summed E-state index contributed by atoms with van der Waals surface area (Å²) in [6, 6.07) is 78.8. The van der Waals surface area contributed by atoms with Crippen molar-refractivity contribution in [3.63, 3.8) is 0 Å². The third kappa shape index (κ3) is 6.69. The van der Waals surface area contributed by atoms with Crippen LogP contribution in [0.2, 0.25) is 0 Å². The third-order valence-electron chi connectivity index (χ3n) is 11.1. The molecule has 0 aliphatic rings. The lowest BCUT2D eigenvalue weighted by molar-refractivity contribution is 1.28. The number of hydrogen-bond acceptors (Lipinski definition) is 4. The molecule has 0 atom stereocenters. The number of hydrogen-bond donors (Lipinski definition) is 0. The van der Waals surface area contributed by atoms with Gasteiger partial charge in [0.15, 0.2) is 0 Å². The van der Waals surface area contributed by atoms with Gasteiger partial charge in [-0.3, -0.25) is 0 Å². The van der Waals surface area contributed by atoms with E-state index in [1.54, 1.807) is 11.3 Å². The Kier molecular flexibility index (Phi) is 8.92. The monoisotopic (exact) mass is 788 g/mol. The molecule has 0 saturated heterocycles. The number of thiophene rings is 1. The molecule has 9 aromatic carbocycles. The van der Waals surface area contributed by atoms with Gasteiger partial charge in [-0.25, -0.2) is 4.98 Å². The molecule has 0 aliphatic carbocycles. The Balaban J connectivity index is 1.02. The fourth-order valence-electron chi connectivity index (χ4n) is 8.16. The van der Waals surface area contributed by atoms with E-state index in [-0.39, 0.29) is 0 Å². The molecule has 11 aromatic rings. The van der Waals surface area contributed by atoms with Crippen molar-refractivity contribution < 1.29 is 0 Å². The molecule has 0 amide bonds. The minimum absolute atomic E-state index is 1.06. The predicted octanol–water partition coefficient (Wildman–Crippen LogP) is 16.5. The zero-order chi connectivity index (χ0) is 39.1. The second-order valence-corrected chi connectivity index (χ2v) is 16.9. The van der Waals surface area contributed by atoms with Crippen molar-refractivity contribution in [3.05, 3.63) is 218 Å². The van der Waals surface area contributed by atoms with Crippen LogP contribution in [0.4, 0.5) is 17.1 Å². The Labute approximate surface area is 351 Å². The molecular formula is C55H36N2S2. The van der Waals surface area contributed by atoms with Crippen LogP contribution in [0.25, 0.3) is 85.5 Å². The van der Waals surface area contributed by atoms with Crippen molar-refractivity contribution in [1.29, 1.82) is 0 Å². The highest BCUT2D eigenvalue weighted by Crippen LogP contribution is 2.45. The number of fused-ring (bicyclic) bond motifs is 4. The fourth-order valence-corrected chi connectivity index (χ4v) is 10.4. The highest BCUT2D eigenvalue weighted by atomic mass is 32.1. The number of anilines is 3. The molecule has 0 fully saturated rings. The summed E-state index contributed by atoms with van der Waals surface area (Å²) in [6.07, 6.45) is 0. The molecule has 278 valence electrons. The molecule has 0 saturated carbocycles. The zero-order valence-corrected chi connectivity index (χ0v) is 33.6. The first-order chi connectivity index (χ1) is 29.2. The van der Waals surface area contributed by atoms with Crippen LogP contribution in [-0.2, 0) is 0 Å². The average molecular weight is 789 g/mol. The largest absolute Gasteiger partial charge is 0.310 e. The average Bonchev–Trinajstić information content (AvgIpc) is 3.91. The number of rotatable bonds is 8. The van der Waals surface area contributed by atoms with Gasteiger partial charge in [0.1, 0.15) is 5.01 Å². The van der Waals surface area contributed by atoms with Crippen LogP contribution >= 0.6 is 22.7 Å². The van der Waals surface area contributed by atoms with E-state index in [4.69, 9.17) is 4.98 Å². The van der Waals surface area contributed by atoms with Gasteiger partial charge < -0.3 is 4.90 Å². The second kappa shape index (κ2) is 15.0. The van der Waals surface area contributed by atoms with Crippen LogP contribution in [0.5, 0.6) is 0 Å². The molecule has 0 unspecified atom stereocenters. The lowest BCUT2D eigenvalue weighted by Crippen LogP contribution is -2.10. The van der Waals surface area contributed by atoms with Crippen LogP contribution in [0.1, 0.15) is 0 Å². The first kappa shape index (κ1) is 35.1. The summed E-state index contributed by atoms with van der Waals surface area (Å²) in [6.45, 7) is 0. The molecule has 0 aliphatic heterocycles. The van der Waals surface area contributed by atoms with Crippen molar-refractivity contribution in [2.75, 3.05) is 4.90 Å². The fraction of sp³-hybridized carbons (Fsp3) is 0. The molecule has 0 N–H and O–H groups in total. The normalized spacial score (nSPS) is 11.4. The molecule has 0 radical (unpaired) electrons. The number of benzene rings is 9. The van der Waals surface area contributed by atoms with Crippen molar-refractivity contribution in [2.24, 2.45) is 0 Å². The van der Waals surface area contributed by atoms with Crippen LogP contribution < -0.4 is 4.90 Å². The molecule has 59 heavy (non-hydrogen) atoms. The number of nitrogens with zero attached hydrogens (tertiary/aromatic N) is 2. The zero-order valence-electron chi connectivity index (χ0n) is 32.0. The van der Waals surface area contributed by atoms with E-state index in [1.165, 1.54) is 69.4 Å². The Bertz CT molecular complexity index is 3170. The SMILES string of the molecule is c1ccc(-c2ccc(N(c3ccc(-c4cccc5c4sc4cc6nc(-c7ccccc7)sc6cc45)cc3)c3cc(-c4ccccc4)cc(-c4ccccc4)c3)cc2)cc1. The highest BCUT2D eigenvalue weighted by molar-refractivity contribution is 7.26. The van der Waals surface area contributed by atoms with E-state index in [1.807, 2.05) is 11.3 Å². The summed E-state index contributed by atoms with van der Waals surface area (Å²) < 4.78 is 3.78. The van der Waals surface area contributed by atoms with Crippen molar-refractivity contribution in [1.82, 2.24) is 4.98 Å². The molecule has 4 heteroatoms. The van der Waals surface area contributed by atoms with Gasteiger partial charge in [-0.05, 0) is 99.1 Å². The molecule has 11 rings (SSSR count). The number of thiazole rings is 1. The minimum atomic E-state index is 1.06. The summed E-state index contributed by atoms with van der Waals surface area (Å²) >= 11 is 3.63. The maximum Gasteiger partial charge on any atom is 0.124 e. The predicted molar refractivity (Wildman–Crippen MR) is 254 cm³/mol. The Morgan fingerprint density at radius 3 is 1.41 bits per heavy atom. The van der Waals surface area contributed by atoms with E-state index < -0.39 is 0 Å². The standard InChI is InChI=1S/C55H36N2S2/c1-5-14-37(15-6-1)40-24-28-45(29-25-40)57(47-33-43(38-16-7-2-8-17-38)32-44(34-47)39-18-9-3-10-19-39)46-30-26-41(27-31-46)48-22-13-23-49-50-35-53-51(36-52(50)58-54(48)49)56-55(59-53)42-20-11-4-12-21-42/h1-36H. The van der Waals surface area contributed by atoms with Crippen molar-refractivity contribution >= 4 is 70.1 Å². The Hall–Kier alpha value is -7.11. The van der Waals surface area contributed by atoms with Crippen molar-refractivity contribution in [2.45, 2.75) is 0 Å². The van der Waals surface area contributed by atoms with Gasteiger partial charge in [0, 0.05) is 42.8 Å². The molecule has 2 heterocycles. The van der Waals surface area contributed by atoms with E-state index in [2.05, 4.69) is 223 Å². The molecule has 2 nitrogen and oxygen atoms in total. The summed E-state index contributed by atoms with van der Waals surface area (Å²) in [7, 11) is 0. The lowest BCUT2D eigenvalue weighted by atomic mass is 9.97. The van der Waals surface area contributed by atoms with E-state index in [0.29, 0.717) is 0 Å². The second-order valence-electron chi connectivity index (χ2n) is 14.8. The quantitative estimate of drug-likeness (QED) is 0.152. The van der Waals surface area contributed by atoms with Crippen LogP contribution in [-0.4, -0.2) is 4.98 Å². The smallest absolute Gasteiger partial charge is 0.124 e.